The zero-order chi connectivity index (χ0) is 19.3. The molecule has 0 amide bonds. The van der Waals surface area contributed by atoms with E-state index in [9.17, 15) is 0 Å². The minimum atomic E-state index is -0.455. The molecule has 0 aliphatic carbocycles. The molecule has 2 heterocycles. The van der Waals surface area contributed by atoms with Gasteiger partial charge in [0.2, 0.25) is 17.3 Å². The van der Waals surface area contributed by atoms with Crippen molar-refractivity contribution in [3.63, 3.8) is 0 Å². The summed E-state index contributed by atoms with van der Waals surface area (Å²) < 4.78 is 11.8. The van der Waals surface area contributed by atoms with Crippen LogP contribution in [0.1, 0.15) is 31.6 Å². The summed E-state index contributed by atoms with van der Waals surface area (Å²) in [6, 6.07) is 15.7. The van der Waals surface area contributed by atoms with Gasteiger partial charge in [0.1, 0.15) is 5.75 Å². The molecule has 1 aliphatic heterocycles. The first kappa shape index (κ1) is 18.6. The number of anilines is 1. The van der Waals surface area contributed by atoms with Gasteiger partial charge in [0.05, 0.1) is 12.7 Å². The topological polar surface area (TPSA) is 69.2 Å². The predicted octanol–water partition coefficient (Wildman–Crippen LogP) is 4.94. The number of ether oxygens (including phenoxy) is 2. The highest BCUT2D eigenvalue weighted by molar-refractivity contribution is 7.99. The van der Waals surface area contributed by atoms with E-state index in [4.69, 9.17) is 9.47 Å². The Morgan fingerprint density at radius 2 is 1.93 bits per heavy atom. The Bertz CT molecular complexity index is 967. The highest BCUT2D eigenvalue weighted by Gasteiger charge is 2.27. The van der Waals surface area contributed by atoms with Crippen molar-refractivity contribution < 1.29 is 9.47 Å². The molecule has 0 radical (unpaired) electrons. The lowest BCUT2D eigenvalue weighted by atomic mass is 10.1. The monoisotopic (exact) mass is 394 g/mol. The zero-order valence-electron chi connectivity index (χ0n) is 15.9. The van der Waals surface area contributed by atoms with E-state index in [1.54, 1.807) is 18.9 Å². The van der Waals surface area contributed by atoms with E-state index in [-0.39, 0.29) is 0 Å². The summed E-state index contributed by atoms with van der Waals surface area (Å²) in [5, 5.41) is 12.8. The number of nitrogens with zero attached hydrogens (tertiary/aromatic N) is 3. The molecule has 2 aromatic carbocycles. The molecule has 0 unspecified atom stereocenters. The molecule has 28 heavy (non-hydrogen) atoms. The zero-order valence-corrected chi connectivity index (χ0v) is 16.7. The number of para-hydroxylation sites is 2. The summed E-state index contributed by atoms with van der Waals surface area (Å²) in [4.78, 5) is 4.66. The van der Waals surface area contributed by atoms with Gasteiger partial charge in [0.15, 0.2) is 5.69 Å². The summed E-state index contributed by atoms with van der Waals surface area (Å²) in [5.74, 6) is 2.18. The number of fused-ring (bicyclic) bond motifs is 3. The maximum Gasteiger partial charge on any atom is 0.247 e. The molecule has 3 aromatic rings. The lowest BCUT2D eigenvalue weighted by molar-refractivity contribution is 0.220. The van der Waals surface area contributed by atoms with Crippen molar-refractivity contribution in [3.05, 3.63) is 54.1 Å². The third-order valence-corrected chi connectivity index (χ3v) is 5.41. The maximum atomic E-state index is 6.30. The first-order chi connectivity index (χ1) is 13.8. The van der Waals surface area contributed by atoms with Gasteiger partial charge in [0, 0.05) is 17.0 Å². The SMILES string of the molecule is CCCCSc1nnc2c(n1)O[C@@H](c1ccccc1OC)Nc1ccccc1-2. The number of hydrogen-bond acceptors (Lipinski definition) is 7. The van der Waals surface area contributed by atoms with Crippen molar-refractivity contribution in [2.75, 3.05) is 18.2 Å². The van der Waals surface area contributed by atoms with Crippen molar-refractivity contribution >= 4 is 17.4 Å². The fourth-order valence-corrected chi connectivity index (χ4v) is 3.90. The fraction of sp³-hybridized carbons (Fsp3) is 0.286. The molecule has 0 fully saturated rings. The minimum Gasteiger partial charge on any atom is -0.496 e. The van der Waals surface area contributed by atoms with Crippen molar-refractivity contribution in [2.45, 2.75) is 31.1 Å². The van der Waals surface area contributed by atoms with Gasteiger partial charge < -0.3 is 14.8 Å². The van der Waals surface area contributed by atoms with Gasteiger partial charge in [-0.1, -0.05) is 55.4 Å². The third-order valence-electron chi connectivity index (χ3n) is 4.48. The number of rotatable bonds is 6. The molecule has 0 saturated heterocycles. The molecule has 144 valence electrons. The standard InChI is InChI=1S/C21H22N4O2S/c1-3-4-13-28-21-23-20-18(24-25-21)14-9-5-7-11-16(14)22-19(27-20)15-10-6-8-12-17(15)26-2/h5-12,19,22H,3-4,13H2,1-2H3/t19-/m0/s1. The number of unbranched alkanes of at least 4 members (excludes halogenated alkanes) is 1. The van der Waals surface area contributed by atoms with Crippen LogP contribution in [0.2, 0.25) is 0 Å². The molecule has 1 aliphatic rings. The smallest absolute Gasteiger partial charge is 0.247 e. The van der Waals surface area contributed by atoms with Gasteiger partial charge in [0.25, 0.3) is 0 Å². The molecule has 0 spiro atoms. The highest BCUT2D eigenvalue weighted by atomic mass is 32.2. The predicted molar refractivity (Wildman–Crippen MR) is 111 cm³/mol. The molecule has 6 nitrogen and oxygen atoms in total. The number of aromatic nitrogens is 3. The van der Waals surface area contributed by atoms with Gasteiger partial charge in [-0.05, 0) is 24.6 Å². The lowest BCUT2D eigenvalue weighted by Gasteiger charge is -2.21. The second kappa shape index (κ2) is 8.48. The molecular weight excluding hydrogens is 372 g/mol. The first-order valence-electron chi connectivity index (χ1n) is 9.33. The van der Waals surface area contributed by atoms with Crippen LogP contribution in [0, 0.1) is 0 Å². The van der Waals surface area contributed by atoms with Crippen LogP contribution in [-0.2, 0) is 0 Å². The Morgan fingerprint density at radius 1 is 1.11 bits per heavy atom. The van der Waals surface area contributed by atoms with Gasteiger partial charge in [-0.2, -0.15) is 4.98 Å². The van der Waals surface area contributed by atoms with E-state index in [0.29, 0.717) is 16.7 Å². The third kappa shape index (κ3) is 3.75. The Balaban J connectivity index is 1.76. The normalized spacial score (nSPS) is 14.9. The van der Waals surface area contributed by atoms with Crippen LogP contribution in [0.4, 0.5) is 5.69 Å². The fourth-order valence-electron chi connectivity index (χ4n) is 3.04. The van der Waals surface area contributed by atoms with E-state index in [1.807, 2.05) is 48.5 Å². The molecular formula is C21H22N4O2S. The largest absolute Gasteiger partial charge is 0.496 e. The van der Waals surface area contributed by atoms with E-state index in [2.05, 4.69) is 27.4 Å². The molecule has 1 atom stereocenters. The van der Waals surface area contributed by atoms with Crippen LogP contribution >= 0.6 is 11.8 Å². The lowest BCUT2D eigenvalue weighted by Crippen LogP contribution is -2.18. The summed E-state index contributed by atoms with van der Waals surface area (Å²) in [5.41, 5.74) is 3.37. The van der Waals surface area contributed by atoms with Crippen molar-refractivity contribution in [1.29, 1.82) is 0 Å². The van der Waals surface area contributed by atoms with Gasteiger partial charge in [-0.25, -0.2) is 0 Å². The Morgan fingerprint density at radius 3 is 2.79 bits per heavy atom. The Kier molecular flexibility index (Phi) is 5.62. The van der Waals surface area contributed by atoms with Crippen molar-refractivity contribution in [2.24, 2.45) is 0 Å². The highest BCUT2D eigenvalue weighted by Crippen LogP contribution is 2.40. The average Bonchev–Trinajstić information content (AvgIpc) is 2.90. The molecule has 7 heteroatoms. The summed E-state index contributed by atoms with van der Waals surface area (Å²) in [6.07, 6.45) is 1.79. The molecule has 1 aromatic heterocycles. The van der Waals surface area contributed by atoms with Crippen molar-refractivity contribution in [1.82, 2.24) is 15.2 Å². The van der Waals surface area contributed by atoms with Crippen LogP contribution in [0.15, 0.2) is 53.7 Å². The number of benzene rings is 2. The van der Waals surface area contributed by atoms with Crippen molar-refractivity contribution in [3.8, 4) is 22.9 Å². The van der Waals surface area contributed by atoms with Crippen LogP contribution in [0.25, 0.3) is 11.3 Å². The Hall–Kier alpha value is -2.80. The average molecular weight is 395 g/mol. The Labute approximate surface area is 168 Å². The van der Waals surface area contributed by atoms with Crippen LogP contribution in [0.3, 0.4) is 0 Å². The summed E-state index contributed by atoms with van der Waals surface area (Å²) in [6.45, 7) is 2.17. The quantitative estimate of drug-likeness (QED) is 0.469. The molecule has 0 saturated carbocycles. The van der Waals surface area contributed by atoms with E-state index in [1.165, 1.54) is 0 Å². The number of methoxy groups -OCH3 is 1. The second-order valence-corrected chi connectivity index (χ2v) is 7.44. The number of hydrogen-bond donors (Lipinski definition) is 1. The first-order valence-corrected chi connectivity index (χ1v) is 10.3. The van der Waals surface area contributed by atoms with Crippen LogP contribution in [0.5, 0.6) is 11.6 Å². The minimum absolute atomic E-state index is 0.455. The maximum absolute atomic E-state index is 6.30. The summed E-state index contributed by atoms with van der Waals surface area (Å²) in [7, 11) is 1.66. The second-order valence-electron chi connectivity index (χ2n) is 6.38. The van der Waals surface area contributed by atoms with Crippen LogP contribution in [-0.4, -0.2) is 28.0 Å². The van der Waals surface area contributed by atoms with Crippen LogP contribution < -0.4 is 14.8 Å². The number of nitrogens with one attached hydrogen (secondary N) is 1. The van der Waals surface area contributed by atoms with E-state index in [0.717, 1.165) is 41.2 Å². The molecule has 4 rings (SSSR count). The number of thioether (sulfide) groups is 1. The van der Waals surface area contributed by atoms with E-state index < -0.39 is 6.23 Å². The summed E-state index contributed by atoms with van der Waals surface area (Å²) >= 11 is 1.60. The van der Waals surface area contributed by atoms with Gasteiger partial charge >= 0.3 is 0 Å². The molecule has 1 N–H and O–H groups in total. The van der Waals surface area contributed by atoms with Gasteiger partial charge in [-0.15, -0.1) is 10.2 Å². The van der Waals surface area contributed by atoms with Gasteiger partial charge in [-0.3, -0.25) is 0 Å². The van der Waals surface area contributed by atoms with E-state index >= 15 is 0 Å². The molecule has 0 bridgehead atoms.